The Hall–Kier alpha value is -2.93. The van der Waals surface area contributed by atoms with E-state index in [0.717, 1.165) is 29.3 Å². The summed E-state index contributed by atoms with van der Waals surface area (Å²) in [5, 5.41) is 0. The average Bonchev–Trinajstić information content (AvgIpc) is 3.39. The number of fused-ring (bicyclic) bond motifs is 1. The minimum Gasteiger partial charge on any atom is -0.466 e. The van der Waals surface area contributed by atoms with Crippen LogP contribution < -0.4 is 0 Å². The summed E-state index contributed by atoms with van der Waals surface area (Å²) in [7, 11) is 0. The monoisotopic (exact) mass is 395 g/mol. The van der Waals surface area contributed by atoms with Gasteiger partial charge in [-0.25, -0.2) is 9.37 Å². The number of hydrogen-bond donors (Lipinski definition) is 0. The highest BCUT2D eigenvalue weighted by Crippen LogP contribution is 2.36. The van der Waals surface area contributed by atoms with Crippen molar-refractivity contribution >= 4 is 5.91 Å². The van der Waals surface area contributed by atoms with Crippen molar-refractivity contribution in [3.63, 3.8) is 0 Å². The van der Waals surface area contributed by atoms with Gasteiger partial charge in [0.2, 0.25) is 0 Å². The molecule has 0 unspecified atom stereocenters. The first-order valence-electron chi connectivity index (χ1n) is 9.75. The minimum absolute atomic E-state index is 0.0185. The topological polar surface area (TPSA) is 60.5 Å². The molecule has 1 atom stereocenters. The van der Waals surface area contributed by atoms with Crippen molar-refractivity contribution in [1.82, 2.24) is 14.5 Å². The van der Waals surface area contributed by atoms with Crippen LogP contribution in [0.25, 0.3) is 11.3 Å². The van der Waals surface area contributed by atoms with Crippen molar-refractivity contribution < 1.29 is 18.3 Å². The van der Waals surface area contributed by atoms with Crippen LogP contribution in [0.4, 0.5) is 4.39 Å². The number of nitrogens with zero attached hydrogens (tertiary/aromatic N) is 3. The molecule has 150 valence electrons. The Balaban J connectivity index is 1.39. The Labute approximate surface area is 167 Å². The Morgan fingerprint density at radius 1 is 1.21 bits per heavy atom. The molecule has 0 aliphatic carbocycles. The number of amides is 1. The fourth-order valence-corrected chi connectivity index (χ4v) is 4.39. The molecule has 1 spiro atoms. The smallest absolute Gasteiger partial charge is 0.257 e. The summed E-state index contributed by atoms with van der Waals surface area (Å²) in [6.45, 7) is 5.83. The summed E-state index contributed by atoms with van der Waals surface area (Å²) < 4.78 is 27.2. The van der Waals surface area contributed by atoms with Crippen LogP contribution in [0.1, 0.15) is 34.1 Å². The first kappa shape index (κ1) is 18.1. The summed E-state index contributed by atoms with van der Waals surface area (Å²) in [4.78, 5) is 19.3. The number of imidazole rings is 1. The highest BCUT2D eigenvalue weighted by Gasteiger charge is 2.45. The fraction of sp³-hybridized carbons (Fsp3) is 0.364. The van der Waals surface area contributed by atoms with Crippen LogP contribution in [-0.4, -0.2) is 39.0 Å². The second kappa shape index (κ2) is 6.56. The molecular weight excluding hydrogens is 373 g/mol. The lowest BCUT2D eigenvalue weighted by atomic mass is 10.0. The number of ether oxygens (including phenoxy) is 1. The van der Waals surface area contributed by atoms with Crippen LogP contribution >= 0.6 is 0 Å². The van der Waals surface area contributed by atoms with Gasteiger partial charge >= 0.3 is 0 Å². The summed E-state index contributed by atoms with van der Waals surface area (Å²) >= 11 is 0. The van der Waals surface area contributed by atoms with Gasteiger partial charge in [0.15, 0.2) is 0 Å². The SMILES string of the molecule is Cc1cc(C(=O)N2CC[C@@]3(C2)Cn2c(-c4ccc(F)cc4)cnc2CO3)c(C)o1. The second-order valence-electron chi connectivity index (χ2n) is 7.93. The van der Waals surface area contributed by atoms with Gasteiger partial charge in [0, 0.05) is 6.54 Å². The number of furan rings is 1. The van der Waals surface area contributed by atoms with Crippen molar-refractivity contribution in [2.24, 2.45) is 0 Å². The number of benzene rings is 1. The maximum atomic E-state index is 13.3. The first-order valence-corrected chi connectivity index (χ1v) is 9.75. The van der Waals surface area contributed by atoms with E-state index in [1.807, 2.05) is 18.7 Å². The number of rotatable bonds is 2. The van der Waals surface area contributed by atoms with E-state index in [1.165, 1.54) is 12.1 Å². The van der Waals surface area contributed by atoms with E-state index in [2.05, 4.69) is 9.55 Å². The third kappa shape index (κ3) is 3.06. The normalized spacial score (nSPS) is 21.0. The van der Waals surface area contributed by atoms with Gasteiger partial charge < -0.3 is 18.6 Å². The molecule has 1 fully saturated rings. The van der Waals surface area contributed by atoms with Gasteiger partial charge in [-0.1, -0.05) is 0 Å². The molecule has 1 aromatic carbocycles. The largest absolute Gasteiger partial charge is 0.466 e. The summed E-state index contributed by atoms with van der Waals surface area (Å²) in [5.74, 6) is 1.95. The van der Waals surface area contributed by atoms with Crippen molar-refractivity contribution in [1.29, 1.82) is 0 Å². The summed E-state index contributed by atoms with van der Waals surface area (Å²) in [5.41, 5.74) is 2.03. The molecule has 1 amide bonds. The van der Waals surface area contributed by atoms with Gasteiger partial charge in [0.05, 0.1) is 30.5 Å². The molecule has 2 aliphatic rings. The number of hydrogen-bond acceptors (Lipinski definition) is 4. The quantitative estimate of drug-likeness (QED) is 0.664. The molecule has 0 radical (unpaired) electrons. The highest BCUT2D eigenvalue weighted by atomic mass is 19.1. The molecule has 5 rings (SSSR count). The Kier molecular flexibility index (Phi) is 4.10. The Morgan fingerprint density at radius 3 is 2.72 bits per heavy atom. The number of carbonyl (C=O) groups excluding carboxylic acids is 1. The number of carbonyl (C=O) groups is 1. The third-order valence-electron chi connectivity index (χ3n) is 5.91. The lowest BCUT2D eigenvalue weighted by Crippen LogP contribution is -2.45. The number of likely N-dealkylation sites (tertiary alicyclic amines) is 1. The fourth-order valence-electron chi connectivity index (χ4n) is 4.39. The summed E-state index contributed by atoms with van der Waals surface area (Å²) in [6.07, 6.45) is 2.57. The van der Waals surface area contributed by atoms with Crippen LogP contribution in [0, 0.1) is 19.7 Å². The van der Waals surface area contributed by atoms with Crippen molar-refractivity contribution in [2.75, 3.05) is 13.1 Å². The van der Waals surface area contributed by atoms with Crippen LogP contribution in [0.2, 0.25) is 0 Å². The van der Waals surface area contributed by atoms with Crippen LogP contribution in [0.5, 0.6) is 0 Å². The molecule has 7 heteroatoms. The van der Waals surface area contributed by atoms with Crippen LogP contribution in [-0.2, 0) is 17.9 Å². The zero-order valence-corrected chi connectivity index (χ0v) is 16.4. The van der Waals surface area contributed by atoms with E-state index in [4.69, 9.17) is 9.15 Å². The van der Waals surface area contributed by atoms with Gasteiger partial charge in [-0.3, -0.25) is 4.79 Å². The highest BCUT2D eigenvalue weighted by molar-refractivity contribution is 5.95. The van der Waals surface area contributed by atoms with E-state index in [0.29, 0.717) is 37.6 Å². The lowest BCUT2D eigenvalue weighted by Gasteiger charge is -2.35. The second-order valence-corrected chi connectivity index (χ2v) is 7.93. The predicted octanol–water partition coefficient (Wildman–Crippen LogP) is 3.71. The molecule has 0 saturated carbocycles. The number of aromatic nitrogens is 2. The van der Waals surface area contributed by atoms with E-state index in [9.17, 15) is 9.18 Å². The van der Waals surface area contributed by atoms with Gasteiger partial charge in [0.1, 0.15) is 35.4 Å². The van der Waals surface area contributed by atoms with Gasteiger partial charge in [0.25, 0.3) is 5.91 Å². The maximum Gasteiger partial charge on any atom is 0.257 e. The van der Waals surface area contributed by atoms with Gasteiger partial charge in [-0.2, -0.15) is 0 Å². The van der Waals surface area contributed by atoms with Crippen molar-refractivity contribution in [3.05, 3.63) is 65.3 Å². The molecule has 2 aromatic heterocycles. The lowest BCUT2D eigenvalue weighted by molar-refractivity contribution is -0.0804. The van der Waals surface area contributed by atoms with Crippen molar-refractivity contribution in [2.45, 2.75) is 39.0 Å². The molecule has 29 heavy (non-hydrogen) atoms. The molecular formula is C22H22FN3O3. The number of aryl methyl sites for hydroxylation is 2. The van der Waals surface area contributed by atoms with E-state index >= 15 is 0 Å². The average molecular weight is 395 g/mol. The summed E-state index contributed by atoms with van der Waals surface area (Å²) in [6, 6.07) is 8.22. The zero-order chi connectivity index (χ0) is 20.2. The predicted molar refractivity (Wildman–Crippen MR) is 104 cm³/mol. The zero-order valence-electron chi connectivity index (χ0n) is 16.4. The molecule has 3 aromatic rings. The molecule has 2 aliphatic heterocycles. The maximum absolute atomic E-state index is 13.3. The minimum atomic E-state index is -0.440. The van der Waals surface area contributed by atoms with Gasteiger partial charge in [-0.05, 0) is 56.2 Å². The van der Waals surface area contributed by atoms with E-state index in [-0.39, 0.29) is 11.7 Å². The molecule has 6 nitrogen and oxygen atoms in total. The Morgan fingerprint density at radius 2 is 2.00 bits per heavy atom. The molecule has 1 saturated heterocycles. The molecule has 4 heterocycles. The molecule has 0 bridgehead atoms. The Bertz CT molecular complexity index is 1090. The molecule has 0 N–H and O–H groups in total. The van der Waals surface area contributed by atoms with Crippen molar-refractivity contribution in [3.8, 4) is 11.3 Å². The van der Waals surface area contributed by atoms with Gasteiger partial charge in [-0.15, -0.1) is 0 Å². The van der Waals surface area contributed by atoms with Crippen LogP contribution in [0.3, 0.4) is 0 Å². The van der Waals surface area contributed by atoms with Crippen LogP contribution in [0.15, 0.2) is 40.9 Å². The van der Waals surface area contributed by atoms with E-state index in [1.54, 1.807) is 24.4 Å². The third-order valence-corrected chi connectivity index (χ3v) is 5.91. The van der Waals surface area contributed by atoms with E-state index < -0.39 is 5.60 Å². The first-order chi connectivity index (χ1) is 13.9. The number of halogens is 1. The standard InChI is InChI=1S/C22H22FN3O3/c1-14-9-18(15(2)29-14)21(27)25-8-7-22(12-25)13-26-19(10-24-20(26)11-28-22)16-3-5-17(23)6-4-16/h3-6,9-10H,7-8,11-13H2,1-2H3/t22-/m1/s1.